The fourth-order valence-corrected chi connectivity index (χ4v) is 3.61. The SMILES string of the molecule is O=c1cc(CN(CCO)Cc2ccccc2)nc2n1N=C(c1ccc(O)cc1)CC2. The van der Waals surface area contributed by atoms with E-state index in [1.54, 1.807) is 24.3 Å². The van der Waals surface area contributed by atoms with E-state index in [9.17, 15) is 15.0 Å². The lowest BCUT2D eigenvalue weighted by atomic mass is 10.0. The molecule has 1 aromatic heterocycles. The summed E-state index contributed by atoms with van der Waals surface area (Å²) in [5, 5.41) is 23.4. The molecule has 154 valence electrons. The van der Waals surface area contributed by atoms with Crippen molar-refractivity contribution >= 4 is 5.71 Å². The molecule has 0 spiro atoms. The first-order valence-corrected chi connectivity index (χ1v) is 9.98. The van der Waals surface area contributed by atoms with Gasteiger partial charge >= 0.3 is 0 Å². The molecule has 0 unspecified atom stereocenters. The van der Waals surface area contributed by atoms with Gasteiger partial charge < -0.3 is 10.2 Å². The monoisotopic (exact) mass is 404 g/mol. The number of aromatic nitrogens is 2. The van der Waals surface area contributed by atoms with Crippen molar-refractivity contribution in [3.8, 4) is 5.75 Å². The number of hydrogen-bond acceptors (Lipinski definition) is 6. The van der Waals surface area contributed by atoms with E-state index in [0.717, 1.165) is 16.8 Å². The molecule has 7 nitrogen and oxygen atoms in total. The number of aliphatic hydroxyl groups is 1. The highest BCUT2D eigenvalue weighted by Gasteiger charge is 2.18. The lowest BCUT2D eigenvalue weighted by molar-refractivity contribution is 0.182. The summed E-state index contributed by atoms with van der Waals surface area (Å²) in [5.74, 6) is 0.839. The molecule has 2 aromatic carbocycles. The lowest BCUT2D eigenvalue weighted by Crippen LogP contribution is -2.31. The van der Waals surface area contributed by atoms with Crippen molar-refractivity contribution in [3.63, 3.8) is 0 Å². The van der Waals surface area contributed by atoms with Gasteiger partial charge in [0.1, 0.15) is 11.6 Å². The van der Waals surface area contributed by atoms with Crippen LogP contribution in [0.3, 0.4) is 0 Å². The summed E-state index contributed by atoms with van der Waals surface area (Å²) in [7, 11) is 0. The fourth-order valence-electron chi connectivity index (χ4n) is 3.61. The van der Waals surface area contributed by atoms with Crippen LogP contribution < -0.4 is 5.56 Å². The second-order valence-corrected chi connectivity index (χ2v) is 7.33. The molecule has 0 bridgehead atoms. The Morgan fingerprint density at radius 1 is 1.00 bits per heavy atom. The molecule has 0 aliphatic carbocycles. The third kappa shape index (κ3) is 4.64. The Kier molecular flexibility index (Phi) is 6.02. The van der Waals surface area contributed by atoms with E-state index in [1.807, 2.05) is 30.3 Å². The largest absolute Gasteiger partial charge is 0.508 e. The summed E-state index contributed by atoms with van der Waals surface area (Å²) >= 11 is 0. The van der Waals surface area contributed by atoms with Crippen molar-refractivity contribution in [1.29, 1.82) is 0 Å². The number of phenolic OH excluding ortho intramolecular Hbond substituents is 1. The molecule has 30 heavy (non-hydrogen) atoms. The van der Waals surface area contributed by atoms with Gasteiger partial charge in [0.05, 0.1) is 18.0 Å². The van der Waals surface area contributed by atoms with E-state index in [2.05, 4.69) is 15.0 Å². The van der Waals surface area contributed by atoms with Gasteiger partial charge in [-0.1, -0.05) is 30.3 Å². The Bertz CT molecular complexity index is 1090. The van der Waals surface area contributed by atoms with Crippen LogP contribution in [0.25, 0.3) is 0 Å². The molecule has 0 fully saturated rings. The Balaban J connectivity index is 1.56. The maximum absolute atomic E-state index is 12.7. The van der Waals surface area contributed by atoms with Crippen molar-refractivity contribution < 1.29 is 10.2 Å². The van der Waals surface area contributed by atoms with Crippen molar-refractivity contribution in [2.24, 2.45) is 5.10 Å². The van der Waals surface area contributed by atoms with Gasteiger partial charge in [0.25, 0.3) is 5.56 Å². The average Bonchev–Trinajstić information content (AvgIpc) is 2.75. The van der Waals surface area contributed by atoms with E-state index < -0.39 is 0 Å². The minimum absolute atomic E-state index is 0.0387. The predicted molar refractivity (Wildman–Crippen MR) is 115 cm³/mol. The van der Waals surface area contributed by atoms with Gasteiger partial charge in [-0.15, -0.1) is 0 Å². The van der Waals surface area contributed by atoms with Crippen LogP contribution in [0.15, 0.2) is 70.6 Å². The standard InChI is InChI=1S/C23H24N4O3/c28-13-12-26(15-17-4-2-1-3-5-17)16-19-14-23(30)27-22(24-19)11-10-21(25-27)18-6-8-20(29)9-7-18/h1-9,14,28-29H,10-13,15-16H2. The van der Waals surface area contributed by atoms with E-state index in [4.69, 9.17) is 0 Å². The second-order valence-electron chi connectivity index (χ2n) is 7.33. The van der Waals surface area contributed by atoms with Crippen LogP contribution in [0, 0.1) is 0 Å². The molecule has 0 saturated heterocycles. The molecule has 7 heteroatoms. The zero-order valence-corrected chi connectivity index (χ0v) is 16.6. The normalized spacial score (nSPS) is 13.2. The molecule has 0 saturated carbocycles. The van der Waals surface area contributed by atoms with E-state index >= 15 is 0 Å². The highest BCUT2D eigenvalue weighted by atomic mass is 16.3. The van der Waals surface area contributed by atoms with E-state index in [0.29, 0.717) is 44.0 Å². The summed E-state index contributed by atoms with van der Waals surface area (Å²) in [6.45, 7) is 1.69. The maximum Gasteiger partial charge on any atom is 0.274 e. The molecule has 0 amide bonds. The summed E-state index contributed by atoms with van der Waals surface area (Å²) < 4.78 is 1.36. The first-order chi connectivity index (χ1) is 14.6. The van der Waals surface area contributed by atoms with Crippen molar-refractivity contribution in [2.45, 2.75) is 25.9 Å². The van der Waals surface area contributed by atoms with Gasteiger partial charge in [-0.25, -0.2) is 4.98 Å². The number of aliphatic hydroxyl groups excluding tert-OH is 1. The van der Waals surface area contributed by atoms with Gasteiger partial charge in [-0.05, 0) is 41.8 Å². The summed E-state index contributed by atoms with van der Waals surface area (Å²) in [6, 6.07) is 18.4. The van der Waals surface area contributed by atoms with Crippen molar-refractivity contribution in [1.82, 2.24) is 14.6 Å². The Hall–Kier alpha value is -3.29. The summed E-state index contributed by atoms with van der Waals surface area (Å²) in [6.07, 6.45) is 1.28. The number of aromatic hydroxyl groups is 1. The zero-order valence-electron chi connectivity index (χ0n) is 16.6. The first kappa shape index (κ1) is 20.0. The number of rotatable bonds is 7. The van der Waals surface area contributed by atoms with Crippen LogP contribution in [0.1, 0.15) is 29.1 Å². The van der Waals surface area contributed by atoms with Gasteiger partial charge in [0.2, 0.25) is 0 Å². The molecule has 4 rings (SSSR count). The quantitative estimate of drug-likeness (QED) is 0.630. The molecular weight excluding hydrogens is 380 g/mol. The number of fused-ring (bicyclic) bond motifs is 1. The highest BCUT2D eigenvalue weighted by Crippen LogP contribution is 2.17. The Labute approximate surface area is 174 Å². The number of nitrogens with zero attached hydrogens (tertiary/aromatic N) is 4. The maximum atomic E-state index is 12.7. The van der Waals surface area contributed by atoms with Crippen molar-refractivity contribution in [2.75, 3.05) is 13.2 Å². The molecule has 2 heterocycles. The predicted octanol–water partition coefficient (Wildman–Crippen LogP) is 2.14. The smallest absolute Gasteiger partial charge is 0.274 e. The summed E-state index contributed by atoms with van der Waals surface area (Å²) in [5.41, 5.74) is 3.29. The van der Waals surface area contributed by atoms with Crippen molar-refractivity contribution in [3.05, 3.63) is 93.7 Å². The Morgan fingerprint density at radius 2 is 1.77 bits per heavy atom. The third-order valence-corrected chi connectivity index (χ3v) is 5.07. The van der Waals surface area contributed by atoms with Crippen LogP contribution in [0.5, 0.6) is 5.75 Å². The van der Waals surface area contributed by atoms with E-state index in [1.165, 1.54) is 10.7 Å². The molecule has 2 N–H and O–H groups in total. The van der Waals surface area contributed by atoms with Gasteiger partial charge in [-0.2, -0.15) is 9.78 Å². The molecule has 1 aliphatic rings. The third-order valence-electron chi connectivity index (χ3n) is 5.07. The van der Waals surface area contributed by atoms with Gasteiger partial charge in [0, 0.05) is 32.1 Å². The molecule has 0 atom stereocenters. The number of hydrogen-bond donors (Lipinski definition) is 2. The molecule has 3 aromatic rings. The van der Waals surface area contributed by atoms with Crippen LogP contribution in [0.2, 0.25) is 0 Å². The van der Waals surface area contributed by atoms with Crippen LogP contribution >= 0.6 is 0 Å². The Morgan fingerprint density at radius 3 is 2.50 bits per heavy atom. The van der Waals surface area contributed by atoms with Crippen LogP contribution in [-0.2, 0) is 19.5 Å². The van der Waals surface area contributed by atoms with Gasteiger partial charge in [0.15, 0.2) is 0 Å². The first-order valence-electron chi connectivity index (χ1n) is 9.98. The summed E-state index contributed by atoms with van der Waals surface area (Å²) in [4.78, 5) is 19.5. The number of aryl methyl sites for hydroxylation is 1. The highest BCUT2D eigenvalue weighted by molar-refractivity contribution is 6.01. The van der Waals surface area contributed by atoms with Crippen LogP contribution in [-0.4, -0.2) is 43.6 Å². The average molecular weight is 404 g/mol. The molecular formula is C23H24N4O3. The topological polar surface area (TPSA) is 91.0 Å². The zero-order chi connectivity index (χ0) is 20.9. The fraction of sp³-hybridized carbons (Fsp3) is 0.261. The number of phenols is 1. The number of benzene rings is 2. The minimum atomic E-state index is -0.213. The molecule has 0 radical (unpaired) electrons. The van der Waals surface area contributed by atoms with Gasteiger partial charge in [-0.3, -0.25) is 9.69 Å². The second kappa shape index (κ2) is 9.02. The van der Waals surface area contributed by atoms with E-state index in [-0.39, 0.29) is 17.9 Å². The molecule has 1 aliphatic heterocycles. The van der Waals surface area contributed by atoms with Crippen LogP contribution in [0.4, 0.5) is 0 Å². The minimum Gasteiger partial charge on any atom is -0.508 e. The lowest BCUT2D eigenvalue weighted by Gasteiger charge is -2.22.